The number of aryl methyl sites for hydroxylation is 1. The molecule has 0 aliphatic heterocycles. The Morgan fingerprint density at radius 2 is 1.89 bits per heavy atom. The summed E-state index contributed by atoms with van der Waals surface area (Å²) < 4.78 is 0. The van der Waals surface area contributed by atoms with Crippen molar-refractivity contribution < 1.29 is 10.2 Å². The number of phenols is 1. The molecule has 1 saturated carbocycles. The van der Waals surface area contributed by atoms with Crippen molar-refractivity contribution in [2.45, 2.75) is 58.1 Å². The van der Waals surface area contributed by atoms with Gasteiger partial charge in [-0.2, -0.15) is 0 Å². The fourth-order valence-electron chi connectivity index (χ4n) is 3.42. The Balaban J connectivity index is 1.75. The van der Waals surface area contributed by atoms with Gasteiger partial charge in [-0.3, -0.25) is 0 Å². The molecular formula is C20H24N4O2S. The Kier molecular flexibility index (Phi) is 4.31. The van der Waals surface area contributed by atoms with Crippen LogP contribution in [0.2, 0.25) is 0 Å². The van der Waals surface area contributed by atoms with Gasteiger partial charge < -0.3 is 15.5 Å². The van der Waals surface area contributed by atoms with E-state index in [4.69, 9.17) is 4.98 Å². The third kappa shape index (κ3) is 3.49. The molecule has 2 heterocycles. The van der Waals surface area contributed by atoms with Gasteiger partial charge in [-0.05, 0) is 54.5 Å². The van der Waals surface area contributed by atoms with Gasteiger partial charge >= 0.3 is 0 Å². The molecule has 1 aromatic carbocycles. The van der Waals surface area contributed by atoms with Crippen molar-refractivity contribution in [1.82, 2.24) is 15.2 Å². The lowest BCUT2D eigenvalue weighted by molar-refractivity contribution is 0.0836. The molecule has 3 N–H and O–H groups in total. The van der Waals surface area contributed by atoms with Gasteiger partial charge in [0.15, 0.2) is 5.01 Å². The second-order valence-electron chi connectivity index (χ2n) is 8.34. The first-order valence-electron chi connectivity index (χ1n) is 9.14. The van der Waals surface area contributed by atoms with Crippen LogP contribution < -0.4 is 5.32 Å². The minimum atomic E-state index is -0.202. The number of hydrogen-bond acceptors (Lipinski definition) is 7. The number of phenolic OH excluding ortho intramolecular Hbond substituents is 1. The van der Waals surface area contributed by atoms with E-state index in [1.807, 2.05) is 13.0 Å². The summed E-state index contributed by atoms with van der Waals surface area (Å²) in [6.07, 6.45) is 1.30. The molecule has 0 saturated heterocycles. The minimum absolute atomic E-state index is 0.145. The van der Waals surface area contributed by atoms with E-state index in [-0.39, 0.29) is 23.3 Å². The van der Waals surface area contributed by atoms with E-state index in [0.29, 0.717) is 0 Å². The van der Waals surface area contributed by atoms with E-state index in [1.165, 1.54) is 11.3 Å². The Labute approximate surface area is 162 Å². The molecule has 6 nitrogen and oxygen atoms in total. The first-order chi connectivity index (χ1) is 12.7. The normalized spacial score (nSPS) is 19.9. The molecule has 1 fully saturated rings. The lowest BCUT2D eigenvalue weighted by atomic mass is 9.84. The lowest BCUT2D eigenvalue weighted by Gasteiger charge is -2.31. The van der Waals surface area contributed by atoms with Crippen LogP contribution in [0.15, 0.2) is 18.2 Å². The van der Waals surface area contributed by atoms with E-state index < -0.39 is 0 Å². The number of nitrogens with zero attached hydrogens (tertiary/aromatic N) is 3. The predicted molar refractivity (Wildman–Crippen MR) is 108 cm³/mol. The second kappa shape index (κ2) is 6.42. The number of fused-ring (bicyclic) bond motifs is 1. The highest BCUT2D eigenvalue weighted by atomic mass is 32.1. The number of aromatic hydroxyl groups is 1. The van der Waals surface area contributed by atoms with E-state index in [9.17, 15) is 10.2 Å². The average Bonchev–Trinajstić information content (AvgIpc) is 3.01. The highest BCUT2D eigenvalue weighted by Crippen LogP contribution is 2.36. The molecule has 1 aliphatic rings. The fourth-order valence-corrected chi connectivity index (χ4v) is 4.20. The zero-order valence-electron chi connectivity index (χ0n) is 15.9. The predicted octanol–water partition coefficient (Wildman–Crippen LogP) is 4.00. The van der Waals surface area contributed by atoms with Crippen molar-refractivity contribution in [1.29, 1.82) is 0 Å². The molecule has 1 aliphatic carbocycles. The van der Waals surface area contributed by atoms with Gasteiger partial charge in [0.05, 0.1) is 11.6 Å². The number of pyridine rings is 1. The van der Waals surface area contributed by atoms with Crippen molar-refractivity contribution in [2.75, 3.05) is 5.32 Å². The number of aliphatic hydroxyl groups excluding tert-OH is 1. The van der Waals surface area contributed by atoms with Crippen molar-refractivity contribution in [3.8, 4) is 16.5 Å². The molecular weight excluding hydrogens is 360 g/mol. The van der Waals surface area contributed by atoms with Crippen LogP contribution in [0, 0.1) is 6.92 Å². The van der Waals surface area contributed by atoms with Gasteiger partial charge in [0.25, 0.3) is 0 Å². The summed E-state index contributed by atoms with van der Waals surface area (Å²) >= 11 is 1.47. The first kappa shape index (κ1) is 18.1. The van der Waals surface area contributed by atoms with Crippen LogP contribution in [-0.4, -0.2) is 37.5 Å². The number of benzene rings is 1. The Morgan fingerprint density at radius 3 is 2.56 bits per heavy atom. The highest BCUT2D eigenvalue weighted by molar-refractivity contribution is 7.18. The lowest BCUT2D eigenvalue weighted by Crippen LogP contribution is -2.38. The molecule has 0 spiro atoms. The fraction of sp³-hybridized carbons (Fsp3) is 0.450. The van der Waals surface area contributed by atoms with Crippen LogP contribution in [0.25, 0.3) is 21.6 Å². The molecule has 3 aromatic rings. The number of rotatable bonds is 3. The van der Waals surface area contributed by atoms with E-state index in [1.54, 1.807) is 12.1 Å². The molecule has 2 aromatic heterocycles. The molecule has 0 unspecified atom stereocenters. The Morgan fingerprint density at radius 1 is 1.15 bits per heavy atom. The molecule has 27 heavy (non-hydrogen) atoms. The van der Waals surface area contributed by atoms with E-state index in [2.05, 4.69) is 36.3 Å². The first-order valence-corrected chi connectivity index (χ1v) is 9.95. The average molecular weight is 385 g/mol. The van der Waals surface area contributed by atoms with Crippen LogP contribution in [0.5, 0.6) is 5.75 Å². The Bertz CT molecular complexity index is 1000. The number of aliphatic hydroxyl groups is 1. The van der Waals surface area contributed by atoms with Gasteiger partial charge in [-0.15, -0.1) is 10.2 Å². The number of nitrogens with one attached hydrogen (secondary N) is 1. The maximum atomic E-state index is 10.1. The smallest absolute Gasteiger partial charge is 0.206 e. The summed E-state index contributed by atoms with van der Waals surface area (Å²) in [7, 11) is 0. The second-order valence-corrected chi connectivity index (χ2v) is 9.32. The largest absolute Gasteiger partial charge is 0.508 e. The van der Waals surface area contributed by atoms with Crippen LogP contribution >= 0.6 is 11.3 Å². The van der Waals surface area contributed by atoms with Crippen LogP contribution in [0.3, 0.4) is 0 Å². The van der Waals surface area contributed by atoms with Gasteiger partial charge in [-0.1, -0.05) is 32.1 Å². The monoisotopic (exact) mass is 384 g/mol. The van der Waals surface area contributed by atoms with Gasteiger partial charge in [-0.25, -0.2) is 4.98 Å². The SMILES string of the molecule is Cc1cc(-c2nnc(N[C@H]3C[C@@H](O)C3)s2)nc2c(C(C)(C)C)cc(O)cc12. The standard InChI is InChI=1S/C20H24N4O2S/c1-10-5-16(18-23-24-19(27-18)21-11-6-12(25)7-11)22-17-14(10)8-13(26)9-15(17)20(2,3)4/h5,8-9,11-12,25-26H,6-7H2,1-4H3,(H,21,24)/t11-,12+. The highest BCUT2D eigenvalue weighted by Gasteiger charge is 2.28. The van der Waals surface area contributed by atoms with Crippen molar-refractivity contribution in [3.63, 3.8) is 0 Å². The number of aromatic nitrogens is 3. The molecule has 0 radical (unpaired) electrons. The summed E-state index contributed by atoms with van der Waals surface area (Å²) in [5.74, 6) is 0.259. The summed E-state index contributed by atoms with van der Waals surface area (Å²) in [6, 6.07) is 5.83. The molecule has 0 atom stereocenters. The molecule has 4 rings (SSSR count). The van der Waals surface area contributed by atoms with Crippen LogP contribution in [-0.2, 0) is 5.41 Å². The molecule has 0 amide bonds. The van der Waals surface area contributed by atoms with Crippen LogP contribution in [0.4, 0.5) is 5.13 Å². The number of hydrogen-bond donors (Lipinski definition) is 3. The molecule has 142 valence electrons. The van der Waals surface area contributed by atoms with Gasteiger partial charge in [0.2, 0.25) is 5.13 Å². The van der Waals surface area contributed by atoms with E-state index in [0.717, 1.165) is 50.7 Å². The minimum Gasteiger partial charge on any atom is -0.508 e. The summed E-state index contributed by atoms with van der Waals surface area (Å²) in [4.78, 5) is 4.88. The topological polar surface area (TPSA) is 91.2 Å². The summed E-state index contributed by atoms with van der Waals surface area (Å²) in [5, 5.41) is 33.9. The zero-order chi connectivity index (χ0) is 19.3. The molecule has 0 bridgehead atoms. The van der Waals surface area contributed by atoms with Crippen molar-refractivity contribution in [3.05, 3.63) is 29.3 Å². The third-order valence-electron chi connectivity index (χ3n) is 5.00. The van der Waals surface area contributed by atoms with Crippen molar-refractivity contribution >= 4 is 27.4 Å². The van der Waals surface area contributed by atoms with Gasteiger partial charge in [0.1, 0.15) is 11.4 Å². The maximum Gasteiger partial charge on any atom is 0.206 e. The van der Waals surface area contributed by atoms with Gasteiger partial charge in [0, 0.05) is 11.4 Å². The molecule has 7 heteroatoms. The quantitative estimate of drug-likeness (QED) is 0.632. The Hall–Kier alpha value is -2.25. The van der Waals surface area contributed by atoms with Crippen molar-refractivity contribution in [2.24, 2.45) is 0 Å². The van der Waals surface area contributed by atoms with Crippen LogP contribution in [0.1, 0.15) is 44.7 Å². The zero-order valence-corrected chi connectivity index (χ0v) is 16.8. The summed E-state index contributed by atoms with van der Waals surface area (Å²) in [6.45, 7) is 8.37. The maximum absolute atomic E-state index is 10.1. The van der Waals surface area contributed by atoms with E-state index >= 15 is 0 Å². The summed E-state index contributed by atoms with van der Waals surface area (Å²) in [5.41, 5.74) is 3.59. The third-order valence-corrected chi connectivity index (χ3v) is 5.87. The number of anilines is 1.